The van der Waals surface area contributed by atoms with Crippen LogP contribution in [0.4, 0.5) is 5.69 Å². The maximum absolute atomic E-state index is 10.7. The normalized spacial score (nSPS) is 23.2. The minimum atomic E-state index is -0.668. The largest absolute Gasteiger partial charge is 0.481 e. The van der Waals surface area contributed by atoms with Crippen molar-refractivity contribution in [3.63, 3.8) is 0 Å². The molecule has 2 rings (SSSR count). The summed E-state index contributed by atoms with van der Waals surface area (Å²) in [4.78, 5) is 10.7. The minimum Gasteiger partial charge on any atom is -0.481 e. The molecule has 0 amide bonds. The number of anilines is 1. The van der Waals surface area contributed by atoms with E-state index in [0.717, 1.165) is 18.5 Å². The highest BCUT2D eigenvalue weighted by molar-refractivity contribution is 5.71. The van der Waals surface area contributed by atoms with Crippen molar-refractivity contribution in [2.45, 2.75) is 38.6 Å². The van der Waals surface area contributed by atoms with Gasteiger partial charge in [0, 0.05) is 11.7 Å². The first-order chi connectivity index (χ1) is 8.06. The lowest BCUT2D eigenvalue weighted by Gasteiger charge is -2.33. The van der Waals surface area contributed by atoms with Crippen LogP contribution in [-0.4, -0.2) is 17.1 Å². The second kappa shape index (κ2) is 4.78. The number of hydrogen-bond acceptors (Lipinski definition) is 2. The molecule has 0 saturated heterocycles. The number of nitrogens with one attached hydrogen (secondary N) is 1. The summed E-state index contributed by atoms with van der Waals surface area (Å²) in [5.74, 6) is -0.273. The third-order valence-corrected chi connectivity index (χ3v) is 3.44. The van der Waals surface area contributed by atoms with Gasteiger partial charge < -0.3 is 10.4 Å². The van der Waals surface area contributed by atoms with Crippen molar-refractivity contribution in [3.8, 4) is 0 Å². The Labute approximate surface area is 102 Å². The van der Waals surface area contributed by atoms with Crippen molar-refractivity contribution in [3.05, 3.63) is 29.8 Å². The highest BCUT2D eigenvalue weighted by Crippen LogP contribution is 2.30. The van der Waals surface area contributed by atoms with Crippen LogP contribution in [0, 0.1) is 5.92 Å². The molecule has 0 radical (unpaired) electrons. The van der Waals surface area contributed by atoms with Crippen LogP contribution in [0.2, 0.25) is 0 Å². The van der Waals surface area contributed by atoms with Gasteiger partial charge >= 0.3 is 5.97 Å². The van der Waals surface area contributed by atoms with Crippen LogP contribution in [0.5, 0.6) is 0 Å². The van der Waals surface area contributed by atoms with Gasteiger partial charge in [-0.3, -0.25) is 4.79 Å². The van der Waals surface area contributed by atoms with Crippen LogP contribution < -0.4 is 5.32 Å². The number of carboxylic acids is 1. The van der Waals surface area contributed by atoms with Crippen molar-refractivity contribution in [1.82, 2.24) is 0 Å². The van der Waals surface area contributed by atoms with Crippen molar-refractivity contribution >= 4 is 11.7 Å². The second-order valence-corrected chi connectivity index (χ2v) is 5.12. The summed E-state index contributed by atoms with van der Waals surface area (Å²) in [6, 6.07) is 8.72. The molecular formula is C14H19NO2. The molecule has 0 aliphatic heterocycles. The van der Waals surface area contributed by atoms with Gasteiger partial charge in [-0.05, 0) is 36.5 Å². The Morgan fingerprint density at radius 1 is 1.29 bits per heavy atom. The predicted octanol–water partition coefficient (Wildman–Crippen LogP) is 3.09. The zero-order valence-electron chi connectivity index (χ0n) is 10.3. The monoisotopic (exact) mass is 233 g/mol. The molecule has 1 saturated carbocycles. The number of aliphatic carboxylic acids is 1. The molecule has 0 spiro atoms. The first kappa shape index (κ1) is 12.0. The first-order valence-corrected chi connectivity index (χ1v) is 6.15. The average Bonchev–Trinajstić information content (AvgIpc) is 2.23. The molecule has 1 aliphatic rings. The molecule has 0 aromatic heterocycles. The highest BCUT2D eigenvalue weighted by Gasteiger charge is 2.34. The Morgan fingerprint density at radius 2 is 1.88 bits per heavy atom. The number of carboxylic acid groups (broad SMARTS) is 1. The average molecular weight is 233 g/mol. The maximum atomic E-state index is 10.7. The van der Waals surface area contributed by atoms with Gasteiger partial charge in [0.2, 0.25) is 0 Å². The Morgan fingerprint density at radius 3 is 2.35 bits per heavy atom. The van der Waals surface area contributed by atoms with Gasteiger partial charge in [0.25, 0.3) is 0 Å². The zero-order chi connectivity index (χ0) is 12.4. The summed E-state index contributed by atoms with van der Waals surface area (Å²) < 4.78 is 0. The number of hydrogen-bond donors (Lipinski definition) is 2. The summed E-state index contributed by atoms with van der Waals surface area (Å²) in [7, 11) is 0. The third kappa shape index (κ3) is 2.78. The minimum absolute atomic E-state index is 0.151. The Hall–Kier alpha value is -1.51. The highest BCUT2D eigenvalue weighted by atomic mass is 16.4. The first-order valence-electron chi connectivity index (χ1n) is 6.15. The van der Waals surface area contributed by atoms with E-state index >= 15 is 0 Å². The fourth-order valence-corrected chi connectivity index (χ4v) is 2.14. The van der Waals surface area contributed by atoms with Crippen LogP contribution in [0.25, 0.3) is 0 Å². The van der Waals surface area contributed by atoms with Crippen molar-refractivity contribution in [2.24, 2.45) is 5.92 Å². The standard InChI is InChI=1S/C14H19NO2/c1-9(2)10-3-5-12(6-4-10)15-13-7-11(8-13)14(16)17/h3-6,9,11,13,15H,7-8H2,1-2H3,(H,16,17). The molecule has 1 aromatic carbocycles. The molecule has 0 atom stereocenters. The van der Waals surface area contributed by atoms with Crippen LogP contribution >= 0.6 is 0 Å². The molecule has 92 valence electrons. The Kier molecular flexibility index (Phi) is 3.36. The van der Waals surface area contributed by atoms with E-state index in [1.54, 1.807) is 0 Å². The summed E-state index contributed by atoms with van der Waals surface area (Å²) >= 11 is 0. The number of carbonyl (C=O) groups is 1. The molecule has 1 aromatic rings. The van der Waals surface area contributed by atoms with Gasteiger partial charge in [-0.1, -0.05) is 26.0 Å². The Balaban J connectivity index is 1.86. The van der Waals surface area contributed by atoms with Crippen molar-refractivity contribution in [2.75, 3.05) is 5.32 Å². The van der Waals surface area contributed by atoms with Crippen LogP contribution in [-0.2, 0) is 4.79 Å². The van der Waals surface area contributed by atoms with E-state index in [1.165, 1.54) is 5.56 Å². The van der Waals surface area contributed by atoms with E-state index in [1.807, 2.05) is 0 Å². The molecule has 1 aliphatic carbocycles. The lowest BCUT2D eigenvalue weighted by Crippen LogP contribution is -2.39. The van der Waals surface area contributed by atoms with Gasteiger partial charge in [0.05, 0.1) is 5.92 Å². The fraction of sp³-hybridized carbons (Fsp3) is 0.500. The maximum Gasteiger partial charge on any atom is 0.306 e. The van der Waals surface area contributed by atoms with Gasteiger partial charge in [-0.2, -0.15) is 0 Å². The van der Waals surface area contributed by atoms with E-state index in [0.29, 0.717) is 12.0 Å². The van der Waals surface area contributed by atoms with E-state index < -0.39 is 5.97 Å². The quantitative estimate of drug-likeness (QED) is 0.840. The zero-order valence-corrected chi connectivity index (χ0v) is 10.3. The predicted molar refractivity (Wildman–Crippen MR) is 68.3 cm³/mol. The smallest absolute Gasteiger partial charge is 0.306 e. The topological polar surface area (TPSA) is 49.3 Å². The lowest BCUT2D eigenvalue weighted by molar-refractivity contribution is -0.144. The fourth-order valence-electron chi connectivity index (χ4n) is 2.14. The van der Waals surface area contributed by atoms with E-state index in [-0.39, 0.29) is 5.92 Å². The molecule has 0 unspecified atom stereocenters. The molecule has 3 heteroatoms. The van der Waals surface area contributed by atoms with E-state index in [4.69, 9.17) is 5.11 Å². The second-order valence-electron chi connectivity index (χ2n) is 5.12. The van der Waals surface area contributed by atoms with Gasteiger partial charge in [-0.25, -0.2) is 0 Å². The van der Waals surface area contributed by atoms with Crippen molar-refractivity contribution in [1.29, 1.82) is 0 Å². The van der Waals surface area contributed by atoms with Gasteiger partial charge in [0.15, 0.2) is 0 Å². The molecule has 0 bridgehead atoms. The third-order valence-electron chi connectivity index (χ3n) is 3.44. The van der Waals surface area contributed by atoms with Crippen LogP contribution in [0.15, 0.2) is 24.3 Å². The van der Waals surface area contributed by atoms with Gasteiger partial charge in [-0.15, -0.1) is 0 Å². The SMILES string of the molecule is CC(C)c1ccc(NC2CC(C(=O)O)C2)cc1. The van der Waals surface area contributed by atoms with Crippen LogP contribution in [0.1, 0.15) is 38.2 Å². The molecule has 1 fully saturated rings. The molecular weight excluding hydrogens is 214 g/mol. The van der Waals surface area contributed by atoms with Gasteiger partial charge in [0.1, 0.15) is 0 Å². The summed E-state index contributed by atoms with van der Waals surface area (Å²) in [6.07, 6.45) is 1.47. The van der Waals surface area contributed by atoms with E-state index in [2.05, 4.69) is 43.4 Å². The Bertz CT molecular complexity index is 391. The molecule has 3 nitrogen and oxygen atoms in total. The summed E-state index contributed by atoms with van der Waals surface area (Å²) in [5, 5.41) is 12.2. The summed E-state index contributed by atoms with van der Waals surface area (Å²) in [6.45, 7) is 4.34. The molecule has 17 heavy (non-hydrogen) atoms. The van der Waals surface area contributed by atoms with Crippen molar-refractivity contribution < 1.29 is 9.90 Å². The van der Waals surface area contributed by atoms with Crippen LogP contribution in [0.3, 0.4) is 0 Å². The molecule has 0 heterocycles. The number of rotatable bonds is 4. The number of benzene rings is 1. The lowest BCUT2D eigenvalue weighted by atomic mass is 9.80. The van der Waals surface area contributed by atoms with E-state index in [9.17, 15) is 4.79 Å². The summed E-state index contributed by atoms with van der Waals surface area (Å²) in [5.41, 5.74) is 2.41. The molecule has 2 N–H and O–H groups in total.